The van der Waals surface area contributed by atoms with Crippen LogP contribution in [0.3, 0.4) is 0 Å². The molecule has 0 aromatic rings. The van der Waals surface area contributed by atoms with Gasteiger partial charge in [-0.1, -0.05) is 30.1 Å². The van der Waals surface area contributed by atoms with Crippen LogP contribution in [0.25, 0.3) is 0 Å². The summed E-state index contributed by atoms with van der Waals surface area (Å²) in [5.41, 5.74) is 0. The number of hydrogen-bond acceptors (Lipinski definition) is 2. The number of hydrogen-bond donors (Lipinski definition) is 0. The number of rotatable bonds is 1. The molecule has 9 heavy (non-hydrogen) atoms. The fourth-order valence-electron chi connectivity index (χ4n) is 0.544. The van der Waals surface area contributed by atoms with Crippen LogP contribution in [-0.2, 0) is 0 Å². The van der Waals surface area contributed by atoms with E-state index in [1.807, 2.05) is 6.92 Å². The lowest BCUT2D eigenvalue weighted by Gasteiger charge is -2.09. The van der Waals surface area contributed by atoms with Gasteiger partial charge in [0.1, 0.15) is 5.17 Å². The van der Waals surface area contributed by atoms with E-state index in [-0.39, 0.29) is 0 Å². The second kappa shape index (κ2) is 2.27. The van der Waals surface area contributed by atoms with E-state index < -0.39 is 5.12 Å². The third kappa shape index (κ3) is 1.43. The molecule has 0 radical (unpaired) electrons. The van der Waals surface area contributed by atoms with Crippen molar-refractivity contribution in [3.8, 4) is 0 Å². The fraction of sp³-hybridized carbons (Fsp3) is 0.600. The van der Waals surface area contributed by atoms with Gasteiger partial charge in [-0.15, -0.1) is 0 Å². The Morgan fingerprint density at radius 2 is 2.44 bits per heavy atom. The van der Waals surface area contributed by atoms with Gasteiger partial charge in [0, 0.05) is 6.42 Å². The van der Waals surface area contributed by atoms with E-state index in [0.29, 0.717) is 11.6 Å². The summed E-state index contributed by atoms with van der Waals surface area (Å²) in [5, 5.41) is -0.413. The molecule has 0 aliphatic carbocycles. The standard InChI is InChI=1S/C5H6Cl2N2/c1-2-5(7)8-3-4(6)9-5/h3H,2H2,1H3. The summed E-state index contributed by atoms with van der Waals surface area (Å²) in [6.07, 6.45) is 2.14. The Balaban J connectivity index is 2.78. The van der Waals surface area contributed by atoms with Crippen molar-refractivity contribution in [1.82, 2.24) is 0 Å². The van der Waals surface area contributed by atoms with Crippen molar-refractivity contribution in [1.29, 1.82) is 0 Å². The summed E-state index contributed by atoms with van der Waals surface area (Å²) in [5.74, 6) is 0. The summed E-state index contributed by atoms with van der Waals surface area (Å²) >= 11 is 11.3. The lowest BCUT2D eigenvalue weighted by molar-refractivity contribution is 0.626. The average molecular weight is 165 g/mol. The SMILES string of the molecule is CCC1(Cl)N=CC(Cl)=N1. The van der Waals surface area contributed by atoms with Gasteiger partial charge in [0.05, 0.1) is 6.21 Å². The minimum absolute atomic E-state index is 0.381. The van der Waals surface area contributed by atoms with Gasteiger partial charge in [-0.3, -0.25) is 0 Å². The van der Waals surface area contributed by atoms with Crippen molar-refractivity contribution in [3.05, 3.63) is 0 Å². The Morgan fingerprint density at radius 1 is 1.78 bits per heavy atom. The molecule has 0 N–H and O–H groups in total. The number of alkyl halides is 1. The first-order chi connectivity index (χ1) is 4.16. The van der Waals surface area contributed by atoms with Gasteiger partial charge in [0.25, 0.3) is 0 Å². The molecule has 1 aliphatic rings. The van der Waals surface area contributed by atoms with Crippen molar-refractivity contribution in [2.24, 2.45) is 9.98 Å². The minimum Gasteiger partial charge on any atom is -0.245 e. The van der Waals surface area contributed by atoms with E-state index >= 15 is 0 Å². The molecule has 1 heterocycles. The lowest BCUT2D eigenvalue weighted by Crippen LogP contribution is -2.09. The molecule has 2 nitrogen and oxygen atoms in total. The molecule has 0 saturated heterocycles. The van der Waals surface area contributed by atoms with Crippen LogP contribution >= 0.6 is 23.2 Å². The monoisotopic (exact) mass is 164 g/mol. The topological polar surface area (TPSA) is 24.7 Å². The van der Waals surface area contributed by atoms with Crippen molar-refractivity contribution >= 4 is 34.6 Å². The van der Waals surface area contributed by atoms with E-state index in [0.717, 1.165) is 0 Å². The van der Waals surface area contributed by atoms with Crippen molar-refractivity contribution < 1.29 is 0 Å². The van der Waals surface area contributed by atoms with Gasteiger partial charge in [-0.05, 0) is 0 Å². The van der Waals surface area contributed by atoms with E-state index in [2.05, 4.69) is 9.98 Å². The normalized spacial score (nSPS) is 33.0. The second-order valence-corrected chi connectivity index (χ2v) is 2.76. The van der Waals surface area contributed by atoms with E-state index in [1.165, 1.54) is 6.21 Å². The highest BCUT2D eigenvalue weighted by atomic mass is 35.5. The third-order valence-corrected chi connectivity index (χ3v) is 1.73. The largest absolute Gasteiger partial charge is 0.245 e. The molecule has 0 aromatic heterocycles. The van der Waals surface area contributed by atoms with Crippen LogP contribution in [0.1, 0.15) is 13.3 Å². The molecule has 0 bridgehead atoms. The highest BCUT2D eigenvalue weighted by Gasteiger charge is 2.25. The first-order valence-electron chi connectivity index (χ1n) is 2.66. The predicted octanol–water partition coefficient (Wildman–Crippen LogP) is 2.01. The van der Waals surface area contributed by atoms with Crippen molar-refractivity contribution in [2.75, 3.05) is 0 Å². The van der Waals surface area contributed by atoms with Crippen LogP contribution < -0.4 is 0 Å². The maximum Gasteiger partial charge on any atom is 0.226 e. The highest BCUT2D eigenvalue weighted by molar-refractivity contribution is 6.80. The Hall–Kier alpha value is -0.0800. The summed E-state index contributed by atoms with van der Waals surface area (Å²) in [7, 11) is 0. The van der Waals surface area contributed by atoms with Crippen molar-refractivity contribution in [2.45, 2.75) is 18.5 Å². The molecule has 1 aliphatic heterocycles. The van der Waals surface area contributed by atoms with Gasteiger partial charge >= 0.3 is 0 Å². The molecule has 50 valence electrons. The first-order valence-corrected chi connectivity index (χ1v) is 3.41. The molecule has 0 saturated carbocycles. The van der Waals surface area contributed by atoms with E-state index in [4.69, 9.17) is 23.2 Å². The van der Waals surface area contributed by atoms with Crippen LogP contribution in [0.2, 0.25) is 0 Å². The van der Waals surface area contributed by atoms with Gasteiger partial charge in [0.2, 0.25) is 5.12 Å². The molecule has 1 rings (SSSR count). The zero-order valence-corrected chi connectivity index (χ0v) is 6.45. The summed E-state index contributed by atoms with van der Waals surface area (Å²) in [4.78, 5) is 7.74. The quantitative estimate of drug-likeness (QED) is 0.419. The zero-order valence-electron chi connectivity index (χ0n) is 4.93. The van der Waals surface area contributed by atoms with Crippen LogP contribution in [0.4, 0.5) is 0 Å². The Kier molecular flexibility index (Phi) is 1.78. The summed E-state index contributed by atoms with van der Waals surface area (Å²) in [6, 6.07) is 0. The van der Waals surface area contributed by atoms with Crippen molar-refractivity contribution in [3.63, 3.8) is 0 Å². The van der Waals surface area contributed by atoms with Gasteiger partial charge in [-0.25, -0.2) is 9.98 Å². The maximum atomic E-state index is 5.78. The van der Waals surface area contributed by atoms with Crippen LogP contribution in [0.15, 0.2) is 9.98 Å². The summed E-state index contributed by atoms with van der Waals surface area (Å²) < 4.78 is 0. The molecule has 4 heteroatoms. The zero-order chi connectivity index (χ0) is 6.91. The van der Waals surface area contributed by atoms with Crippen LogP contribution in [0.5, 0.6) is 0 Å². The van der Waals surface area contributed by atoms with Gasteiger partial charge in [0.15, 0.2) is 0 Å². The molecule has 1 atom stereocenters. The predicted molar refractivity (Wildman–Crippen MR) is 40.7 cm³/mol. The molecule has 0 spiro atoms. The fourth-order valence-corrected chi connectivity index (χ4v) is 0.916. The Labute approximate surface area is 63.6 Å². The first kappa shape index (κ1) is 7.03. The molecule has 1 unspecified atom stereocenters. The Morgan fingerprint density at radius 3 is 2.67 bits per heavy atom. The molecule has 0 amide bonds. The molecular formula is C5H6Cl2N2. The maximum absolute atomic E-state index is 5.78. The van der Waals surface area contributed by atoms with Gasteiger partial charge < -0.3 is 0 Å². The number of aliphatic imine (C=N–C) groups is 2. The van der Waals surface area contributed by atoms with Crippen LogP contribution in [-0.4, -0.2) is 16.5 Å². The molecule has 0 fully saturated rings. The van der Waals surface area contributed by atoms with Gasteiger partial charge in [-0.2, -0.15) is 0 Å². The number of nitrogens with zero attached hydrogens (tertiary/aromatic N) is 2. The van der Waals surface area contributed by atoms with E-state index in [1.54, 1.807) is 0 Å². The Bertz CT molecular complexity index is 176. The third-order valence-electron chi connectivity index (χ3n) is 1.10. The van der Waals surface area contributed by atoms with E-state index in [9.17, 15) is 0 Å². The highest BCUT2D eigenvalue weighted by Crippen LogP contribution is 2.26. The summed E-state index contributed by atoms with van der Waals surface area (Å²) in [6.45, 7) is 1.91. The molecular weight excluding hydrogens is 159 g/mol. The smallest absolute Gasteiger partial charge is 0.226 e. The minimum atomic E-state index is -0.795. The average Bonchev–Trinajstić information content (AvgIpc) is 2.13. The molecule has 0 aromatic carbocycles. The number of halogens is 2. The lowest BCUT2D eigenvalue weighted by atomic mass is 10.4. The van der Waals surface area contributed by atoms with Crippen LogP contribution in [0, 0.1) is 0 Å². The second-order valence-electron chi connectivity index (χ2n) is 1.77.